The molecule has 0 N–H and O–H groups in total. The molecule has 3 heteroatoms. The Hall–Kier alpha value is 0.574. The average Bonchev–Trinajstić information content (AvgIpc) is 2.42. The van der Waals surface area contributed by atoms with E-state index in [1.165, 1.54) is 44.9 Å². The van der Waals surface area contributed by atoms with E-state index in [-0.39, 0.29) is 38.6 Å². The molecule has 0 aliphatic heterocycles. The first-order valence-electron chi connectivity index (χ1n) is 8.38. The van der Waals surface area contributed by atoms with E-state index in [0.717, 1.165) is 25.8 Å². The van der Waals surface area contributed by atoms with Crippen molar-refractivity contribution >= 4 is 5.91 Å². The molecule has 117 valence electrons. The molecule has 0 heterocycles. The molecule has 0 saturated carbocycles. The largest absolute Gasteiger partial charge is 0.346 e. The van der Waals surface area contributed by atoms with Crippen LogP contribution in [0.3, 0.4) is 0 Å². The summed E-state index contributed by atoms with van der Waals surface area (Å²) in [7, 11) is 1.94. The normalized spacial score (nSPS) is 11.8. The number of carbonyl (C=O) groups is 1. The zero-order valence-corrected chi connectivity index (χ0v) is 17.1. The third-order valence-corrected chi connectivity index (χ3v) is 3.89. The molecular weight excluding hydrogens is 323 g/mol. The maximum absolute atomic E-state index is 12.1. The van der Waals surface area contributed by atoms with E-state index < -0.39 is 0 Å². The van der Waals surface area contributed by atoms with Crippen molar-refractivity contribution in [2.24, 2.45) is 5.92 Å². The summed E-state index contributed by atoms with van der Waals surface area (Å²) in [6.07, 6.45) is 12.6. The van der Waals surface area contributed by atoms with Gasteiger partial charge in [-0.15, -0.1) is 0 Å². The minimum absolute atomic E-state index is 0. The Morgan fingerprint density at radius 2 is 1.40 bits per heavy atom. The molecule has 1 atom stereocenters. The minimum Gasteiger partial charge on any atom is -0.346 e. The smallest absolute Gasteiger partial charge is 0.225 e. The predicted octanol–water partition coefficient (Wildman–Crippen LogP) is 5.02. The van der Waals surface area contributed by atoms with E-state index in [0.29, 0.717) is 5.91 Å². The predicted molar refractivity (Wildman–Crippen MR) is 84.3 cm³/mol. The quantitative estimate of drug-likeness (QED) is 0.449. The molecule has 0 fully saturated rings. The first kappa shape index (κ1) is 22.8. The summed E-state index contributed by atoms with van der Waals surface area (Å²) in [4.78, 5) is 14.0. The Bertz CT molecular complexity index is 221. The van der Waals surface area contributed by atoms with Crippen LogP contribution >= 0.6 is 0 Å². The van der Waals surface area contributed by atoms with Crippen molar-refractivity contribution in [2.45, 2.75) is 85.0 Å². The first-order chi connectivity index (χ1) is 9.13. The molecule has 0 aromatic heterocycles. The maximum atomic E-state index is 12.1. The molecule has 0 aliphatic rings. The van der Waals surface area contributed by atoms with Crippen molar-refractivity contribution in [3.8, 4) is 0 Å². The molecule has 0 spiro atoms. The number of carbonyl (C=O) groups excluding carboxylic acids is 1. The summed E-state index contributed by atoms with van der Waals surface area (Å²) >= 11 is 0. The summed E-state index contributed by atoms with van der Waals surface area (Å²) in [6, 6.07) is 0. The van der Waals surface area contributed by atoms with Crippen molar-refractivity contribution < 1.29 is 37.5 Å². The van der Waals surface area contributed by atoms with Crippen molar-refractivity contribution in [3.05, 3.63) is 0 Å². The second-order valence-corrected chi connectivity index (χ2v) is 5.92. The van der Waals surface area contributed by atoms with Gasteiger partial charge in [-0.1, -0.05) is 72.1 Å². The van der Waals surface area contributed by atoms with Crippen molar-refractivity contribution in [1.29, 1.82) is 0 Å². The van der Waals surface area contributed by atoms with Crippen LogP contribution in [0.25, 0.3) is 0 Å². The van der Waals surface area contributed by atoms with E-state index in [1.54, 1.807) is 0 Å². The molecule has 0 aromatic carbocycles. The molecule has 1 radical (unpaired) electrons. The summed E-state index contributed by atoms with van der Waals surface area (Å²) in [5.74, 6) is 0.539. The van der Waals surface area contributed by atoms with Crippen molar-refractivity contribution in [3.63, 3.8) is 0 Å². The van der Waals surface area contributed by atoms with E-state index >= 15 is 0 Å². The van der Waals surface area contributed by atoms with E-state index in [4.69, 9.17) is 0 Å². The average molecular weight is 358 g/mol. The van der Waals surface area contributed by atoms with Gasteiger partial charge in [-0.05, 0) is 12.8 Å². The molecule has 1 amide bonds. The van der Waals surface area contributed by atoms with Crippen LogP contribution in [0.4, 0.5) is 0 Å². The van der Waals surface area contributed by atoms with Gasteiger partial charge in [-0.25, -0.2) is 0 Å². The molecule has 2 nitrogen and oxygen atoms in total. The summed E-state index contributed by atoms with van der Waals surface area (Å²) < 4.78 is 0. The van der Waals surface area contributed by atoms with Gasteiger partial charge in [0, 0.05) is 52.2 Å². The Labute approximate surface area is 152 Å². The van der Waals surface area contributed by atoms with Gasteiger partial charge in [0.15, 0.2) is 0 Å². The topological polar surface area (TPSA) is 20.3 Å². The minimum atomic E-state index is 0. The number of hydrogen-bond acceptors (Lipinski definition) is 1. The van der Waals surface area contributed by atoms with Crippen LogP contribution in [-0.4, -0.2) is 24.4 Å². The van der Waals surface area contributed by atoms with Gasteiger partial charge >= 0.3 is 0 Å². The first-order valence-corrected chi connectivity index (χ1v) is 8.38. The molecule has 1 unspecified atom stereocenters. The molecule has 0 saturated heterocycles. The third-order valence-electron chi connectivity index (χ3n) is 3.89. The van der Waals surface area contributed by atoms with Crippen molar-refractivity contribution in [1.82, 2.24) is 4.90 Å². The number of nitrogens with zero attached hydrogens (tertiary/aromatic N) is 1. The van der Waals surface area contributed by atoms with Crippen LogP contribution in [0.5, 0.6) is 0 Å². The molecule has 0 aromatic rings. The number of unbranched alkanes of at least 4 members (excludes halogenated alkanes) is 7. The number of hydrogen-bond donors (Lipinski definition) is 0. The third kappa shape index (κ3) is 12.3. The van der Waals surface area contributed by atoms with Crippen LogP contribution in [-0.2, 0) is 37.5 Å². The Morgan fingerprint density at radius 1 is 0.900 bits per heavy atom. The molecule has 0 rings (SSSR count). The van der Waals surface area contributed by atoms with E-state index in [9.17, 15) is 4.79 Å². The maximum Gasteiger partial charge on any atom is 0.225 e. The van der Waals surface area contributed by atoms with Crippen LogP contribution in [0.15, 0.2) is 0 Å². The number of rotatable bonds is 12. The Kier molecular flexibility index (Phi) is 18.2. The molecule has 20 heavy (non-hydrogen) atoms. The molecule has 0 bridgehead atoms. The fraction of sp³-hybridized carbons (Fsp3) is 0.941. The fourth-order valence-corrected chi connectivity index (χ4v) is 2.41. The zero-order valence-electron chi connectivity index (χ0n) is 14.3. The van der Waals surface area contributed by atoms with E-state index in [2.05, 4.69) is 20.8 Å². The van der Waals surface area contributed by atoms with Crippen LogP contribution in [0.2, 0.25) is 0 Å². The van der Waals surface area contributed by atoms with Gasteiger partial charge < -0.3 is 4.90 Å². The summed E-state index contributed by atoms with van der Waals surface area (Å²) in [5.41, 5.74) is 0. The SMILES string of the molecule is CCCCCCCCCC(C)C(=O)N(C)CCCC.[Y]. The second-order valence-electron chi connectivity index (χ2n) is 5.92. The Balaban J connectivity index is 0. The second kappa shape index (κ2) is 16.0. The van der Waals surface area contributed by atoms with Gasteiger partial charge in [0.05, 0.1) is 0 Å². The van der Waals surface area contributed by atoms with Gasteiger partial charge in [-0.3, -0.25) is 4.79 Å². The standard InChI is InChI=1S/C17H35NO.Y/c1-5-7-9-10-11-12-13-14-16(3)17(19)18(4)15-8-6-2;/h16H,5-15H2,1-4H3;. The van der Waals surface area contributed by atoms with Crippen LogP contribution in [0.1, 0.15) is 85.0 Å². The summed E-state index contributed by atoms with van der Waals surface area (Å²) in [5, 5.41) is 0. The van der Waals surface area contributed by atoms with Gasteiger partial charge in [-0.2, -0.15) is 0 Å². The van der Waals surface area contributed by atoms with Crippen molar-refractivity contribution in [2.75, 3.05) is 13.6 Å². The van der Waals surface area contributed by atoms with E-state index in [1.807, 2.05) is 11.9 Å². The summed E-state index contributed by atoms with van der Waals surface area (Å²) in [6.45, 7) is 7.42. The fourth-order valence-electron chi connectivity index (χ4n) is 2.41. The molecule has 0 aliphatic carbocycles. The Morgan fingerprint density at radius 3 is 1.95 bits per heavy atom. The van der Waals surface area contributed by atoms with Crippen LogP contribution < -0.4 is 0 Å². The van der Waals surface area contributed by atoms with Gasteiger partial charge in [0.1, 0.15) is 0 Å². The molecular formula is C17H35NOY. The van der Waals surface area contributed by atoms with Gasteiger partial charge in [0.25, 0.3) is 0 Å². The van der Waals surface area contributed by atoms with Crippen LogP contribution in [0, 0.1) is 5.92 Å². The number of amides is 1. The monoisotopic (exact) mass is 358 g/mol. The zero-order chi connectivity index (χ0) is 14.5. The van der Waals surface area contributed by atoms with Gasteiger partial charge in [0.2, 0.25) is 5.91 Å².